The molecular formula is C19H17ClN2O6S2. The molecule has 0 spiro atoms. The van der Waals surface area contributed by atoms with E-state index in [4.69, 9.17) is 21.1 Å². The molecular weight excluding hydrogens is 452 g/mol. The van der Waals surface area contributed by atoms with Crippen molar-refractivity contribution >= 4 is 55.1 Å². The Morgan fingerprint density at radius 1 is 1.17 bits per heavy atom. The SMILES string of the molecule is CCOC(=O)Cn1/c(=N/S(=O)(=O)c2ccc(Cl)cc2)sc2cc(C(=O)OC)ccc21. The molecule has 0 saturated heterocycles. The average molecular weight is 469 g/mol. The summed E-state index contributed by atoms with van der Waals surface area (Å²) in [7, 11) is -2.80. The van der Waals surface area contributed by atoms with E-state index in [0.717, 1.165) is 11.3 Å². The maximum absolute atomic E-state index is 12.8. The number of aromatic nitrogens is 1. The predicted octanol–water partition coefficient (Wildman–Crippen LogP) is 3.00. The lowest BCUT2D eigenvalue weighted by molar-refractivity contribution is -0.143. The highest BCUT2D eigenvalue weighted by molar-refractivity contribution is 7.90. The van der Waals surface area contributed by atoms with Crippen LogP contribution in [0.1, 0.15) is 17.3 Å². The highest BCUT2D eigenvalue weighted by Gasteiger charge is 2.18. The van der Waals surface area contributed by atoms with E-state index < -0.39 is 22.0 Å². The Kier molecular flexibility index (Phi) is 6.59. The quantitative estimate of drug-likeness (QED) is 0.515. The van der Waals surface area contributed by atoms with Gasteiger partial charge in [0.05, 0.1) is 34.4 Å². The Labute approximate surface area is 181 Å². The van der Waals surface area contributed by atoms with Gasteiger partial charge in [-0.1, -0.05) is 22.9 Å². The van der Waals surface area contributed by atoms with Crippen molar-refractivity contribution in [3.05, 3.63) is 57.9 Å². The van der Waals surface area contributed by atoms with Gasteiger partial charge in [-0.15, -0.1) is 4.40 Å². The van der Waals surface area contributed by atoms with Crippen molar-refractivity contribution in [3.63, 3.8) is 0 Å². The van der Waals surface area contributed by atoms with Crippen molar-refractivity contribution < 1.29 is 27.5 Å². The van der Waals surface area contributed by atoms with Crippen LogP contribution in [0.5, 0.6) is 0 Å². The Morgan fingerprint density at radius 2 is 1.87 bits per heavy atom. The summed E-state index contributed by atoms with van der Waals surface area (Å²) in [6.45, 7) is 1.62. The largest absolute Gasteiger partial charge is 0.465 e. The number of halogens is 1. The molecule has 11 heteroatoms. The standard InChI is InChI=1S/C19H17ClN2O6S2/c1-3-28-17(23)11-22-15-9-4-12(18(24)27-2)10-16(15)29-19(22)21-30(25,26)14-7-5-13(20)6-8-14/h4-10H,3,11H2,1-2H3/b21-19-. The molecule has 0 amide bonds. The third-order valence-corrected chi connectivity index (χ3v) is 6.70. The van der Waals surface area contributed by atoms with Crippen LogP contribution in [0, 0.1) is 0 Å². The number of esters is 2. The molecule has 1 aromatic heterocycles. The molecule has 8 nitrogen and oxygen atoms in total. The van der Waals surface area contributed by atoms with E-state index in [1.807, 2.05) is 0 Å². The molecule has 0 aliphatic rings. The van der Waals surface area contributed by atoms with Crippen LogP contribution in [-0.2, 0) is 30.8 Å². The van der Waals surface area contributed by atoms with Gasteiger partial charge in [0.25, 0.3) is 10.0 Å². The zero-order valence-corrected chi connectivity index (χ0v) is 18.4. The second-order valence-electron chi connectivity index (χ2n) is 5.97. The molecule has 0 atom stereocenters. The van der Waals surface area contributed by atoms with Gasteiger partial charge in [0, 0.05) is 5.02 Å². The lowest BCUT2D eigenvalue weighted by atomic mass is 10.2. The van der Waals surface area contributed by atoms with Gasteiger partial charge in [-0.2, -0.15) is 8.42 Å². The van der Waals surface area contributed by atoms with Crippen LogP contribution in [0.3, 0.4) is 0 Å². The summed E-state index contributed by atoms with van der Waals surface area (Å²) in [5, 5.41) is 0.392. The molecule has 0 unspecified atom stereocenters. The van der Waals surface area contributed by atoms with Crippen LogP contribution in [0.25, 0.3) is 10.2 Å². The number of hydrogen-bond acceptors (Lipinski definition) is 7. The highest BCUT2D eigenvalue weighted by Crippen LogP contribution is 2.21. The van der Waals surface area contributed by atoms with Gasteiger partial charge in [-0.05, 0) is 49.4 Å². The summed E-state index contributed by atoms with van der Waals surface area (Å²) in [5.74, 6) is -1.07. The smallest absolute Gasteiger partial charge is 0.337 e. The number of rotatable bonds is 6. The van der Waals surface area contributed by atoms with Gasteiger partial charge < -0.3 is 14.0 Å². The number of thiazole rings is 1. The first-order valence-electron chi connectivity index (χ1n) is 8.69. The molecule has 0 saturated carbocycles. The molecule has 0 radical (unpaired) electrons. The molecule has 0 aliphatic carbocycles. The van der Waals surface area contributed by atoms with Gasteiger partial charge in [-0.25, -0.2) is 4.79 Å². The fourth-order valence-corrected chi connectivity index (χ4v) is 5.04. The molecule has 0 aliphatic heterocycles. The number of sulfonamides is 1. The third kappa shape index (κ3) is 4.72. The molecule has 0 N–H and O–H groups in total. The maximum atomic E-state index is 12.8. The summed E-state index contributed by atoms with van der Waals surface area (Å²) in [5.41, 5.74) is 0.826. The van der Waals surface area contributed by atoms with Gasteiger partial charge in [0.2, 0.25) is 4.80 Å². The minimum atomic E-state index is -4.07. The molecule has 3 rings (SSSR count). The van der Waals surface area contributed by atoms with E-state index in [2.05, 4.69) is 4.40 Å². The monoisotopic (exact) mass is 468 g/mol. The van der Waals surface area contributed by atoms with E-state index >= 15 is 0 Å². The van der Waals surface area contributed by atoms with Crippen LogP contribution in [0.15, 0.2) is 51.8 Å². The molecule has 2 aromatic carbocycles. The van der Waals surface area contributed by atoms with Crippen molar-refractivity contribution in [2.45, 2.75) is 18.4 Å². The summed E-state index contributed by atoms with van der Waals surface area (Å²) in [6, 6.07) is 10.3. The van der Waals surface area contributed by atoms with E-state index in [0.29, 0.717) is 20.8 Å². The zero-order valence-electron chi connectivity index (χ0n) is 16.0. The van der Waals surface area contributed by atoms with Crippen molar-refractivity contribution in [2.24, 2.45) is 4.40 Å². The first-order valence-corrected chi connectivity index (χ1v) is 11.3. The van der Waals surface area contributed by atoms with Crippen LogP contribution >= 0.6 is 22.9 Å². The Hall–Kier alpha value is -2.69. The first-order chi connectivity index (χ1) is 14.2. The summed E-state index contributed by atoms with van der Waals surface area (Å²) < 4.78 is 41.2. The van der Waals surface area contributed by atoms with Crippen LogP contribution in [0.2, 0.25) is 5.02 Å². The second kappa shape index (κ2) is 8.99. The fraction of sp³-hybridized carbons (Fsp3) is 0.211. The topological polar surface area (TPSA) is 104 Å². The fourth-order valence-electron chi connectivity index (χ4n) is 2.64. The molecule has 158 valence electrons. The minimum absolute atomic E-state index is 0.0395. The number of carbonyl (C=O) groups excluding carboxylic acids is 2. The maximum Gasteiger partial charge on any atom is 0.337 e. The third-order valence-electron chi connectivity index (χ3n) is 4.01. The van der Waals surface area contributed by atoms with Crippen LogP contribution in [0.4, 0.5) is 0 Å². The second-order valence-corrected chi connectivity index (χ2v) is 9.02. The number of fused-ring (bicyclic) bond motifs is 1. The van der Waals surface area contributed by atoms with E-state index in [1.54, 1.807) is 19.1 Å². The molecule has 0 fully saturated rings. The lowest BCUT2D eigenvalue weighted by Gasteiger charge is -2.06. The number of methoxy groups -OCH3 is 1. The van der Waals surface area contributed by atoms with Crippen molar-refractivity contribution in [2.75, 3.05) is 13.7 Å². The number of ether oxygens (including phenoxy) is 2. The van der Waals surface area contributed by atoms with Gasteiger partial charge in [0.15, 0.2) is 0 Å². The molecule has 1 heterocycles. The number of hydrogen-bond donors (Lipinski definition) is 0. The van der Waals surface area contributed by atoms with E-state index in [1.165, 1.54) is 42.0 Å². The van der Waals surface area contributed by atoms with E-state index in [-0.39, 0.29) is 22.8 Å². The highest BCUT2D eigenvalue weighted by atomic mass is 35.5. The van der Waals surface area contributed by atoms with Crippen molar-refractivity contribution in [1.82, 2.24) is 4.57 Å². The predicted molar refractivity (Wildman–Crippen MR) is 112 cm³/mol. The summed E-state index contributed by atoms with van der Waals surface area (Å²) in [6.07, 6.45) is 0. The van der Waals surface area contributed by atoms with Gasteiger partial charge in [-0.3, -0.25) is 4.79 Å². The van der Waals surface area contributed by atoms with Crippen molar-refractivity contribution in [1.29, 1.82) is 0 Å². The lowest BCUT2D eigenvalue weighted by Crippen LogP contribution is -2.23. The minimum Gasteiger partial charge on any atom is -0.465 e. The summed E-state index contributed by atoms with van der Waals surface area (Å²) in [4.78, 5) is 23.9. The van der Waals surface area contributed by atoms with E-state index in [9.17, 15) is 18.0 Å². The average Bonchev–Trinajstić information content (AvgIpc) is 3.03. The Bertz CT molecular complexity index is 1280. The number of carbonyl (C=O) groups is 2. The molecule has 30 heavy (non-hydrogen) atoms. The molecule has 3 aromatic rings. The van der Waals surface area contributed by atoms with Crippen molar-refractivity contribution in [3.8, 4) is 0 Å². The number of benzene rings is 2. The number of nitrogens with zero attached hydrogens (tertiary/aromatic N) is 2. The van der Waals surface area contributed by atoms with Crippen LogP contribution < -0.4 is 4.80 Å². The van der Waals surface area contributed by atoms with Crippen LogP contribution in [-0.4, -0.2) is 38.6 Å². The zero-order chi connectivity index (χ0) is 21.9. The Morgan fingerprint density at radius 3 is 2.50 bits per heavy atom. The first kappa shape index (κ1) is 22.0. The Balaban J connectivity index is 2.20. The van der Waals surface area contributed by atoms with Gasteiger partial charge >= 0.3 is 11.9 Å². The normalized spacial score (nSPS) is 12.2. The molecule has 0 bridgehead atoms. The summed E-state index contributed by atoms with van der Waals surface area (Å²) >= 11 is 6.85. The van der Waals surface area contributed by atoms with Gasteiger partial charge in [0.1, 0.15) is 6.54 Å².